The third-order valence-electron chi connectivity index (χ3n) is 4.05. The minimum absolute atomic E-state index is 0.203. The van der Waals surface area contributed by atoms with Gasteiger partial charge in [-0.3, -0.25) is 9.20 Å². The Morgan fingerprint density at radius 3 is 3.08 bits per heavy atom. The highest BCUT2D eigenvalue weighted by Crippen LogP contribution is 2.29. The lowest BCUT2D eigenvalue weighted by Gasteiger charge is -2.19. The Labute approximate surface area is 149 Å². The van der Waals surface area contributed by atoms with Gasteiger partial charge in [0.2, 0.25) is 0 Å². The smallest absolute Gasteiger partial charge is 0.251 e. The molecule has 0 spiro atoms. The first-order chi connectivity index (χ1) is 12.1. The molecular weight excluding hydrogens is 340 g/mol. The maximum atomic E-state index is 12.6. The first-order valence-corrected chi connectivity index (χ1v) is 8.23. The summed E-state index contributed by atoms with van der Waals surface area (Å²) in [5.74, 6) is 1.19. The number of nitrogens with zero attached hydrogens (tertiary/aromatic N) is 3. The van der Waals surface area contributed by atoms with E-state index in [1.807, 2.05) is 35.7 Å². The molecule has 3 aromatic rings. The Kier molecular flexibility index (Phi) is 3.89. The van der Waals surface area contributed by atoms with Crippen LogP contribution in [0.15, 0.2) is 48.2 Å². The molecule has 1 atom stereocenters. The summed E-state index contributed by atoms with van der Waals surface area (Å²) >= 11 is 6.01. The van der Waals surface area contributed by atoms with E-state index in [4.69, 9.17) is 16.3 Å². The number of hydrogen-bond donors (Lipinski definition) is 1. The lowest BCUT2D eigenvalue weighted by molar-refractivity contribution is -0.118. The summed E-state index contributed by atoms with van der Waals surface area (Å²) in [5, 5.41) is 11.8. The SMILES string of the molecule is C[C@@H](NC(=O)C1=Cc2cc(Cl)ccc2OC1)c1nnc2ccccn12. The van der Waals surface area contributed by atoms with E-state index in [-0.39, 0.29) is 18.6 Å². The van der Waals surface area contributed by atoms with Gasteiger partial charge in [-0.15, -0.1) is 10.2 Å². The van der Waals surface area contributed by atoms with Gasteiger partial charge in [-0.1, -0.05) is 17.7 Å². The fourth-order valence-electron chi connectivity index (χ4n) is 2.79. The van der Waals surface area contributed by atoms with E-state index >= 15 is 0 Å². The molecule has 1 aliphatic heterocycles. The van der Waals surface area contributed by atoms with Crippen molar-refractivity contribution in [2.45, 2.75) is 13.0 Å². The Bertz CT molecular complexity index is 996. The summed E-state index contributed by atoms with van der Waals surface area (Å²) in [4.78, 5) is 12.6. The number of hydrogen-bond acceptors (Lipinski definition) is 4. The van der Waals surface area contributed by atoms with Crippen LogP contribution in [0.1, 0.15) is 24.4 Å². The minimum Gasteiger partial charge on any atom is -0.488 e. The molecule has 0 saturated carbocycles. The maximum Gasteiger partial charge on any atom is 0.251 e. The average molecular weight is 355 g/mol. The standard InChI is InChI=1S/C18H15ClN4O2/c1-11(17-22-21-16-4-2-3-7-23(16)17)20-18(24)13-8-12-9-14(19)5-6-15(12)25-10-13/h2-9,11H,10H2,1H3,(H,20,24)/t11-/m1/s1. The number of nitrogens with one attached hydrogen (secondary N) is 1. The van der Waals surface area contributed by atoms with Crippen LogP contribution in [-0.2, 0) is 4.79 Å². The first-order valence-electron chi connectivity index (χ1n) is 7.85. The molecular formula is C18H15ClN4O2. The van der Waals surface area contributed by atoms with Gasteiger partial charge >= 0.3 is 0 Å². The second kappa shape index (κ2) is 6.22. The van der Waals surface area contributed by atoms with Gasteiger partial charge < -0.3 is 10.1 Å². The molecule has 7 heteroatoms. The number of carbonyl (C=O) groups is 1. The van der Waals surface area contributed by atoms with Crippen molar-refractivity contribution in [2.75, 3.05) is 6.61 Å². The summed E-state index contributed by atoms with van der Waals surface area (Å²) in [7, 11) is 0. The second-order valence-electron chi connectivity index (χ2n) is 5.82. The van der Waals surface area contributed by atoms with E-state index in [0.717, 1.165) is 17.0 Å². The molecule has 25 heavy (non-hydrogen) atoms. The van der Waals surface area contributed by atoms with Gasteiger partial charge in [0.25, 0.3) is 5.91 Å². The molecule has 0 unspecified atom stereocenters. The highest BCUT2D eigenvalue weighted by molar-refractivity contribution is 6.30. The molecule has 1 aromatic carbocycles. The van der Waals surface area contributed by atoms with Crippen molar-refractivity contribution in [3.63, 3.8) is 0 Å². The van der Waals surface area contributed by atoms with E-state index in [1.165, 1.54) is 0 Å². The molecule has 4 rings (SSSR count). The molecule has 0 aliphatic carbocycles. The summed E-state index contributed by atoms with van der Waals surface area (Å²) in [6.07, 6.45) is 3.67. The summed E-state index contributed by atoms with van der Waals surface area (Å²) in [5.41, 5.74) is 2.07. The van der Waals surface area contributed by atoms with Gasteiger partial charge in [0.15, 0.2) is 11.5 Å². The number of ether oxygens (including phenoxy) is 1. The zero-order valence-electron chi connectivity index (χ0n) is 13.4. The molecule has 1 N–H and O–H groups in total. The van der Waals surface area contributed by atoms with Gasteiger partial charge in [-0.25, -0.2) is 0 Å². The topological polar surface area (TPSA) is 68.5 Å². The van der Waals surface area contributed by atoms with Gasteiger partial charge in [0.05, 0.1) is 11.6 Å². The van der Waals surface area contributed by atoms with Crippen LogP contribution in [0.4, 0.5) is 0 Å². The van der Waals surface area contributed by atoms with Crippen LogP contribution in [0.25, 0.3) is 11.7 Å². The van der Waals surface area contributed by atoms with Crippen LogP contribution < -0.4 is 10.1 Å². The number of amides is 1. The van der Waals surface area contributed by atoms with Crippen LogP contribution >= 0.6 is 11.6 Å². The van der Waals surface area contributed by atoms with Crippen molar-refractivity contribution >= 4 is 29.2 Å². The lowest BCUT2D eigenvalue weighted by atomic mass is 10.1. The van der Waals surface area contributed by atoms with Crippen molar-refractivity contribution in [1.82, 2.24) is 19.9 Å². The highest BCUT2D eigenvalue weighted by Gasteiger charge is 2.21. The minimum atomic E-state index is -0.299. The fraction of sp³-hybridized carbons (Fsp3) is 0.167. The second-order valence-corrected chi connectivity index (χ2v) is 6.26. The third-order valence-corrected chi connectivity index (χ3v) is 4.29. The van der Waals surface area contributed by atoms with Crippen LogP contribution in [0.5, 0.6) is 5.75 Å². The zero-order valence-corrected chi connectivity index (χ0v) is 14.2. The number of halogens is 1. The Balaban J connectivity index is 1.56. The normalized spacial score (nSPS) is 14.4. The van der Waals surface area contributed by atoms with E-state index in [0.29, 0.717) is 16.4 Å². The molecule has 1 amide bonds. The molecule has 126 valence electrons. The average Bonchev–Trinajstić information content (AvgIpc) is 3.05. The third kappa shape index (κ3) is 2.96. The first kappa shape index (κ1) is 15.7. The predicted molar refractivity (Wildman–Crippen MR) is 94.5 cm³/mol. The highest BCUT2D eigenvalue weighted by atomic mass is 35.5. The molecule has 6 nitrogen and oxygen atoms in total. The maximum absolute atomic E-state index is 12.6. The Morgan fingerprint density at radius 1 is 1.32 bits per heavy atom. The van der Waals surface area contributed by atoms with Crippen molar-refractivity contribution in [3.05, 3.63) is 64.6 Å². The Hall–Kier alpha value is -2.86. The number of rotatable bonds is 3. The van der Waals surface area contributed by atoms with Crippen molar-refractivity contribution < 1.29 is 9.53 Å². The number of pyridine rings is 1. The number of aromatic nitrogens is 3. The number of benzene rings is 1. The van der Waals surface area contributed by atoms with Crippen LogP contribution in [0.2, 0.25) is 5.02 Å². The van der Waals surface area contributed by atoms with Crippen LogP contribution in [-0.4, -0.2) is 27.1 Å². The van der Waals surface area contributed by atoms with E-state index < -0.39 is 0 Å². The van der Waals surface area contributed by atoms with Gasteiger partial charge in [-0.2, -0.15) is 0 Å². The van der Waals surface area contributed by atoms with Gasteiger partial charge in [0, 0.05) is 16.8 Å². The molecule has 3 heterocycles. The van der Waals surface area contributed by atoms with Gasteiger partial charge in [0.1, 0.15) is 12.4 Å². The quantitative estimate of drug-likeness (QED) is 0.785. The fourth-order valence-corrected chi connectivity index (χ4v) is 2.97. The number of carbonyl (C=O) groups excluding carboxylic acids is 1. The van der Waals surface area contributed by atoms with Crippen molar-refractivity contribution in [2.24, 2.45) is 0 Å². The van der Waals surface area contributed by atoms with Crippen molar-refractivity contribution in [1.29, 1.82) is 0 Å². The monoisotopic (exact) mass is 354 g/mol. The molecule has 0 bridgehead atoms. The molecule has 2 aromatic heterocycles. The zero-order chi connectivity index (χ0) is 17.4. The Morgan fingerprint density at radius 2 is 2.20 bits per heavy atom. The van der Waals surface area contributed by atoms with Crippen LogP contribution in [0.3, 0.4) is 0 Å². The van der Waals surface area contributed by atoms with E-state index in [2.05, 4.69) is 15.5 Å². The summed E-state index contributed by atoms with van der Waals surface area (Å²) in [6, 6.07) is 10.7. The lowest BCUT2D eigenvalue weighted by Crippen LogP contribution is -2.31. The summed E-state index contributed by atoms with van der Waals surface area (Å²) in [6.45, 7) is 2.09. The largest absolute Gasteiger partial charge is 0.488 e. The molecule has 0 radical (unpaired) electrons. The molecule has 1 aliphatic rings. The summed E-state index contributed by atoms with van der Waals surface area (Å²) < 4.78 is 7.49. The van der Waals surface area contributed by atoms with E-state index in [1.54, 1.807) is 24.3 Å². The number of fused-ring (bicyclic) bond motifs is 2. The molecule has 0 fully saturated rings. The van der Waals surface area contributed by atoms with E-state index in [9.17, 15) is 4.79 Å². The van der Waals surface area contributed by atoms with Crippen LogP contribution in [0, 0.1) is 0 Å². The van der Waals surface area contributed by atoms with Gasteiger partial charge in [-0.05, 0) is 43.3 Å². The molecule has 0 saturated heterocycles. The van der Waals surface area contributed by atoms with Crippen molar-refractivity contribution in [3.8, 4) is 5.75 Å². The predicted octanol–water partition coefficient (Wildman–Crippen LogP) is 3.04.